The summed E-state index contributed by atoms with van der Waals surface area (Å²) in [5.41, 5.74) is 4.63. The largest absolute Gasteiger partial charge is 0.454 e. The highest BCUT2D eigenvalue weighted by Crippen LogP contribution is 2.61. The molecule has 7 nitrogen and oxygen atoms in total. The lowest BCUT2D eigenvalue weighted by Crippen LogP contribution is -2.49. The number of ether oxygens (including phenoxy) is 1. The zero-order valence-corrected chi connectivity index (χ0v) is 22.2. The van der Waals surface area contributed by atoms with Crippen LogP contribution >= 0.6 is 11.6 Å². The van der Waals surface area contributed by atoms with Gasteiger partial charge in [-0.1, -0.05) is 86.1 Å². The summed E-state index contributed by atoms with van der Waals surface area (Å²) < 4.78 is 5.35. The molecule has 1 aliphatic heterocycles. The van der Waals surface area contributed by atoms with Gasteiger partial charge in [-0.25, -0.2) is 4.79 Å². The number of hydrogen-bond donors (Lipinski definition) is 1. The summed E-state index contributed by atoms with van der Waals surface area (Å²) >= 11 is 6.09. The molecule has 0 aromatic heterocycles. The molecule has 8 heteroatoms. The lowest BCUT2D eigenvalue weighted by atomic mass is 9.55. The molecule has 0 unspecified atom stereocenters. The molecule has 39 heavy (non-hydrogen) atoms. The van der Waals surface area contributed by atoms with E-state index < -0.39 is 42.3 Å². The summed E-state index contributed by atoms with van der Waals surface area (Å²) in [7, 11) is 0. The molecule has 2 bridgehead atoms. The predicted octanol–water partition coefficient (Wildman–Crippen LogP) is 4.74. The number of carbonyl (C=O) groups excluding carboxylic acids is 4. The minimum absolute atomic E-state index is 0.265. The number of benzene rings is 3. The van der Waals surface area contributed by atoms with Gasteiger partial charge in [0, 0.05) is 11.8 Å². The maximum Gasteiger partial charge on any atom is 0.330 e. The van der Waals surface area contributed by atoms with E-state index in [9.17, 15) is 19.2 Å². The summed E-state index contributed by atoms with van der Waals surface area (Å²) in [6.07, 6.45) is 0. The molecular formula is C31H27ClN2O5. The summed E-state index contributed by atoms with van der Waals surface area (Å²) in [6, 6.07) is 21.5. The SMILES string of the molecule is CC(C)[C@H](C(=O)OCC(=O)Nc1ccccc1Cl)N1C(=O)[C@H]2C3c4ccccc4C(c4ccccc43)[C@@H]2C1=O. The third kappa shape index (κ3) is 3.95. The monoisotopic (exact) mass is 542 g/mol. The van der Waals surface area contributed by atoms with Gasteiger partial charge in [-0.2, -0.15) is 0 Å². The molecule has 0 saturated carbocycles. The first-order chi connectivity index (χ1) is 18.8. The molecule has 3 aliphatic carbocycles. The molecule has 3 atom stereocenters. The van der Waals surface area contributed by atoms with Gasteiger partial charge < -0.3 is 10.1 Å². The number of anilines is 1. The first-order valence-electron chi connectivity index (χ1n) is 13.0. The van der Waals surface area contributed by atoms with Gasteiger partial charge in [-0.15, -0.1) is 0 Å². The Bertz CT molecular complexity index is 1400. The van der Waals surface area contributed by atoms with Gasteiger partial charge in [0.25, 0.3) is 5.91 Å². The molecule has 3 aromatic carbocycles. The number of rotatable bonds is 6. The summed E-state index contributed by atoms with van der Waals surface area (Å²) in [6.45, 7) is 2.95. The summed E-state index contributed by atoms with van der Waals surface area (Å²) in [5.74, 6) is -4.22. The van der Waals surface area contributed by atoms with Crippen LogP contribution in [-0.2, 0) is 23.9 Å². The molecule has 1 saturated heterocycles. The predicted molar refractivity (Wildman–Crippen MR) is 145 cm³/mol. The Kier molecular flexibility index (Phi) is 6.26. The fourth-order valence-corrected chi connectivity index (χ4v) is 6.80. The van der Waals surface area contributed by atoms with Gasteiger partial charge in [0.15, 0.2) is 6.61 Å². The van der Waals surface area contributed by atoms with Crippen molar-refractivity contribution >= 4 is 41.0 Å². The smallest absolute Gasteiger partial charge is 0.330 e. The Balaban J connectivity index is 1.27. The Labute approximate surface area is 231 Å². The van der Waals surface area contributed by atoms with E-state index in [0.29, 0.717) is 10.7 Å². The van der Waals surface area contributed by atoms with Gasteiger partial charge in [0.1, 0.15) is 6.04 Å². The van der Waals surface area contributed by atoms with Crippen molar-refractivity contribution < 1.29 is 23.9 Å². The van der Waals surface area contributed by atoms with Crippen molar-refractivity contribution in [2.24, 2.45) is 17.8 Å². The molecule has 198 valence electrons. The molecule has 0 radical (unpaired) electrons. The van der Waals surface area contributed by atoms with Crippen LogP contribution in [0, 0.1) is 17.8 Å². The summed E-state index contributed by atoms with van der Waals surface area (Å²) in [4.78, 5) is 55.0. The van der Waals surface area contributed by atoms with Crippen LogP contribution in [0.3, 0.4) is 0 Å². The van der Waals surface area contributed by atoms with E-state index >= 15 is 0 Å². The average molecular weight is 543 g/mol. The third-order valence-corrected chi connectivity index (χ3v) is 8.46. The molecule has 1 N–H and O–H groups in total. The topological polar surface area (TPSA) is 92.8 Å². The highest BCUT2D eigenvalue weighted by atomic mass is 35.5. The van der Waals surface area contributed by atoms with E-state index in [0.717, 1.165) is 27.2 Å². The number of halogens is 1. The number of carbonyl (C=O) groups is 4. The van der Waals surface area contributed by atoms with Crippen molar-refractivity contribution in [3.05, 3.63) is 100 Å². The number of nitrogens with zero attached hydrogens (tertiary/aromatic N) is 1. The number of imide groups is 1. The average Bonchev–Trinajstić information content (AvgIpc) is 3.19. The molecule has 1 heterocycles. The van der Waals surface area contributed by atoms with Gasteiger partial charge in [0.05, 0.1) is 22.5 Å². The lowest BCUT2D eigenvalue weighted by Gasteiger charge is -2.45. The quantitative estimate of drug-likeness (QED) is 0.359. The van der Waals surface area contributed by atoms with Crippen molar-refractivity contribution in [1.82, 2.24) is 4.90 Å². The van der Waals surface area contributed by atoms with Crippen LogP contribution in [0.25, 0.3) is 0 Å². The highest BCUT2D eigenvalue weighted by molar-refractivity contribution is 6.33. The fourth-order valence-electron chi connectivity index (χ4n) is 6.62. The number of nitrogens with one attached hydrogen (secondary N) is 1. The second-order valence-electron chi connectivity index (χ2n) is 10.6. The van der Waals surface area contributed by atoms with Crippen LogP contribution in [-0.4, -0.2) is 41.2 Å². The van der Waals surface area contributed by atoms with Crippen LogP contribution in [0.4, 0.5) is 5.69 Å². The van der Waals surface area contributed by atoms with Crippen LogP contribution < -0.4 is 5.32 Å². The number of likely N-dealkylation sites (tertiary alicyclic amines) is 1. The molecule has 7 rings (SSSR count). The standard InChI is InChI=1S/C31H27ClN2O5/c1-16(2)28(31(38)39-15-23(35)33-22-14-8-7-13-21(22)32)34-29(36)26-24-17-9-3-4-10-18(17)25(27(26)30(34)37)20-12-6-5-11-19(20)24/h3-14,16,24-28H,15H2,1-2H3,(H,33,35)/t24?,25?,26-,27-,28+/m0/s1. The van der Waals surface area contributed by atoms with Crippen LogP contribution in [0.5, 0.6) is 0 Å². The molecule has 1 fully saturated rings. The third-order valence-electron chi connectivity index (χ3n) is 8.13. The first kappa shape index (κ1) is 25.3. The van der Waals surface area contributed by atoms with E-state index in [2.05, 4.69) is 5.32 Å². The lowest BCUT2D eigenvalue weighted by molar-refractivity contribution is -0.162. The van der Waals surface area contributed by atoms with Gasteiger partial charge in [0.2, 0.25) is 11.8 Å². The Morgan fingerprint density at radius 3 is 1.74 bits per heavy atom. The minimum atomic E-state index is -1.14. The van der Waals surface area contributed by atoms with Gasteiger partial charge in [-0.05, 0) is 40.3 Å². The number of amides is 3. The van der Waals surface area contributed by atoms with Gasteiger partial charge >= 0.3 is 5.97 Å². The van der Waals surface area contributed by atoms with E-state index in [1.165, 1.54) is 0 Å². The second-order valence-corrected chi connectivity index (χ2v) is 11.0. The maximum atomic E-state index is 14.0. The molecule has 0 spiro atoms. The summed E-state index contributed by atoms with van der Waals surface area (Å²) in [5, 5.41) is 2.96. The van der Waals surface area contributed by atoms with Crippen molar-refractivity contribution in [2.45, 2.75) is 31.7 Å². The Morgan fingerprint density at radius 2 is 1.28 bits per heavy atom. The number of esters is 1. The Morgan fingerprint density at radius 1 is 0.821 bits per heavy atom. The van der Waals surface area contributed by atoms with E-state index in [-0.39, 0.29) is 23.7 Å². The van der Waals surface area contributed by atoms with Gasteiger partial charge in [-0.3, -0.25) is 19.3 Å². The van der Waals surface area contributed by atoms with Crippen molar-refractivity contribution in [2.75, 3.05) is 11.9 Å². The molecule has 4 aliphatic rings. The van der Waals surface area contributed by atoms with Crippen LogP contribution in [0.1, 0.15) is 47.9 Å². The maximum absolute atomic E-state index is 14.0. The van der Waals surface area contributed by atoms with Crippen LogP contribution in [0.2, 0.25) is 5.02 Å². The van der Waals surface area contributed by atoms with E-state index in [1.807, 2.05) is 48.5 Å². The number of para-hydroxylation sites is 1. The molecular weight excluding hydrogens is 516 g/mol. The first-order valence-corrected chi connectivity index (χ1v) is 13.4. The second kappa shape index (κ2) is 9.65. The minimum Gasteiger partial charge on any atom is -0.454 e. The highest BCUT2D eigenvalue weighted by Gasteiger charge is 2.63. The Hall–Kier alpha value is -3.97. The van der Waals surface area contributed by atoms with E-state index in [1.54, 1.807) is 38.1 Å². The fraction of sp³-hybridized carbons (Fsp3) is 0.290. The molecule has 3 aromatic rings. The molecule has 3 amide bonds. The van der Waals surface area contributed by atoms with Crippen molar-refractivity contribution in [1.29, 1.82) is 0 Å². The van der Waals surface area contributed by atoms with Crippen molar-refractivity contribution in [3.63, 3.8) is 0 Å². The zero-order valence-electron chi connectivity index (χ0n) is 21.5. The number of hydrogen-bond acceptors (Lipinski definition) is 5. The van der Waals surface area contributed by atoms with Crippen molar-refractivity contribution in [3.8, 4) is 0 Å². The normalized spacial score (nSPS) is 23.2. The van der Waals surface area contributed by atoms with E-state index in [4.69, 9.17) is 16.3 Å². The van der Waals surface area contributed by atoms with Crippen LogP contribution in [0.15, 0.2) is 72.8 Å². The zero-order chi connectivity index (χ0) is 27.4.